The van der Waals surface area contributed by atoms with Crippen molar-refractivity contribution in [1.29, 1.82) is 0 Å². The van der Waals surface area contributed by atoms with E-state index in [4.69, 9.17) is 4.98 Å². The van der Waals surface area contributed by atoms with E-state index < -0.39 is 0 Å². The van der Waals surface area contributed by atoms with Gasteiger partial charge in [0.15, 0.2) is 0 Å². The average molecular weight is 530 g/mol. The van der Waals surface area contributed by atoms with Gasteiger partial charge in [0.1, 0.15) is 0 Å². The number of rotatable bonds is 12. The van der Waals surface area contributed by atoms with Gasteiger partial charge in [-0.15, -0.1) is 0 Å². The molecule has 3 heterocycles. The number of pyridine rings is 2. The molecule has 0 unspecified atom stereocenters. The van der Waals surface area contributed by atoms with Gasteiger partial charge >= 0.3 is 0 Å². The largest absolute Gasteiger partial charge is 0.317 e. The van der Waals surface area contributed by atoms with E-state index in [1.807, 2.05) is 37.5 Å². The molecular weight excluding hydrogens is 490 g/mol. The summed E-state index contributed by atoms with van der Waals surface area (Å²) in [5.41, 5.74) is 8.67. The van der Waals surface area contributed by atoms with Crippen LogP contribution in [0, 0.1) is 6.92 Å². The average Bonchev–Trinajstić information content (AvgIpc) is 3.37. The third-order valence-electron chi connectivity index (χ3n) is 7.23. The molecule has 4 aromatic rings. The van der Waals surface area contributed by atoms with Crippen molar-refractivity contribution in [1.82, 2.24) is 25.5 Å². The van der Waals surface area contributed by atoms with Gasteiger partial charge < -0.3 is 5.32 Å². The summed E-state index contributed by atoms with van der Waals surface area (Å²) in [7, 11) is 0. The van der Waals surface area contributed by atoms with Crippen molar-refractivity contribution >= 4 is 18.2 Å². The monoisotopic (exact) mass is 529 g/mol. The van der Waals surface area contributed by atoms with Crippen LogP contribution in [0.1, 0.15) is 56.0 Å². The molecule has 0 aliphatic heterocycles. The summed E-state index contributed by atoms with van der Waals surface area (Å²) in [5.74, 6) is 0. The van der Waals surface area contributed by atoms with Crippen molar-refractivity contribution in [2.24, 2.45) is 0 Å². The van der Waals surface area contributed by atoms with E-state index >= 15 is 0 Å². The van der Waals surface area contributed by atoms with Crippen LogP contribution >= 0.6 is 0 Å². The second kappa shape index (κ2) is 13.8. The molecule has 3 aromatic heterocycles. The Bertz CT molecular complexity index is 1590. The zero-order valence-corrected chi connectivity index (χ0v) is 23.7. The summed E-state index contributed by atoms with van der Waals surface area (Å²) >= 11 is 0. The first kappa shape index (κ1) is 27.5. The van der Waals surface area contributed by atoms with Gasteiger partial charge in [-0.1, -0.05) is 55.5 Å². The van der Waals surface area contributed by atoms with Crippen LogP contribution in [-0.4, -0.2) is 33.3 Å². The highest BCUT2D eigenvalue weighted by Gasteiger charge is 2.11. The Morgan fingerprint density at radius 1 is 0.975 bits per heavy atom. The maximum absolute atomic E-state index is 4.70. The third-order valence-corrected chi connectivity index (χ3v) is 7.23. The number of benzene rings is 1. The lowest BCUT2D eigenvalue weighted by atomic mass is 10.0. The second-order valence-electron chi connectivity index (χ2n) is 10.4. The van der Waals surface area contributed by atoms with Gasteiger partial charge in [0, 0.05) is 17.5 Å². The number of aromatic nitrogens is 4. The Balaban J connectivity index is 1.24. The molecule has 1 aliphatic carbocycles. The SMILES string of the molecule is CCCNCCCCc1ccc(/C=C/CC2=CCC=c3ccc(-c4cn[nH]c4-c4cccc(C)n4)cc3=C2)nc1. The fraction of sp³-hybridized carbons (Fsp3) is 0.286. The van der Waals surface area contributed by atoms with E-state index in [-0.39, 0.29) is 0 Å². The Hall–Kier alpha value is -4.09. The number of hydrogen-bond donors (Lipinski definition) is 2. The van der Waals surface area contributed by atoms with E-state index in [9.17, 15) is 0 Å². The number of aromatic amines is 1. The molecule has 0 fully saturated rings. The highest BCUT2D eigenvalue weighted by atomic mass is 15.1. The predicted molar refractivity (Wildman–Crippen MR) is 167 cm³/mol. The smallest absolute Gasteiger partial charge is 0.0912 e. The number of nitrogens with zero attached hydrogens (tertiary/aromatic N) is 3. The summed E-state index contributed by atoms with van der Waals surface area (Å²) in [5, 5.41) is 13.5. The summed E-state index contributed by atoms with van der Waals surface area (Å²) in [4.78, 5) is 9.37. The molecule has 0 saturated carbocycles. The van der Waals surface area contributed by atoms with Gasteiger partial charge in [-0.05, 0) is 116 Å². The maximum Gasteiger partial charge on any atom is 0.0912 e. The van der Waals surface area contributed by atoms with Crippen LogP contribution < -0.4 is 15.8 Å². The van der Waals surface area contributed by atoms with Crippen molar-refractivity contribution in [2.45, 2.75) is 52.4 Å². The zero-order chi connectivity index (χ0) is 27.6. The first-order chi connectivity index (χ1) is 19.7. The van der Waals surface area contributed by atoms with Crippen molar-refractivity contribution < 1.29 is 0 Å². The standard InChI is InChI=1S/C35H39N5/c1-3-20-36-21-5-4-10-28-16-19-32(37-24-28)14-8-12-27-11-7-13-29-17-18-30(23-31(29)22-27)33-25-38-40-35(33)34-15-6-9-26(2)39-34/h6,8-9,11,13-19,22-25,36H,3-5,7,10,12,20-21H2,1-2H3,(H,38,40)/b14-8+. The number of hydrogen-bond acceptors (Lipinski definition) is 4. The lowest BCUT2D eigenvalue weighted by Crippen LogP contribution is -2.23. The Morgan fingerprint density at radius 2 is 1.93 bits per heavy atom. The van der Waals surface area contributed by atoms with Crippen molar-refractivity contribution in [3.8, 4) is 22.5 Å². The molecule has 0 amide bonds. The first-order valence-corrected chi connectivity index (χ1v) is 14.5. The van der Waals surface area contributed by atoms with Crippen LogP contribution in [0.25, 0.3) is 40.7 Å². The molecule has 5 rings (SSSR count). The van der Waals surface area contributed by atoms with E-state index in [1.54, 1.807) is 0 Å². The molecule has 0 spiro atoms. The highest BCUT2D eigenvalue weighted by Crippen LogP contribution is 2.28. The normalized spacial score (nSPS) is 12.9. The quantitative estimate of drug-likeness (QED) is 0.216. The summed E-state index contributed by atoms with van der Waals surface area (Å²) < 4.78 is 0. The third kappa shape index (κ3) is 7.30. The van der Waals surface area contributed by atoms with E-state index in [0.717, 1.165) is 66.3 Å². The van der Waals surface area contributed by atoms with E-state index in [1.165, 1.54) is 40.8 Å². The topological polar surface area (TPSA) is 66.5 Å². The van der Waals surface area contributed by atoms with Gasteiger partial charge in [0.2, 0.25) is 0 Å². The summed E-state index contributed by atoms with van der Waals surface area (Å²) in [6.45, 7) is 6.43. The predicted octanol–water partition coefficient (Wildman–Crippen LogP) is 6.16. The molecule has 0 atom stereocenters. The molecule has 0 saturated heterocycles. The number of fused-ring (bicyclic) bond motifs is 1. The number of unbranched alkanes of at least 4 members (excludes halogenated alkanes) is 1. The van der Waals surface area contributed by atoms with Crippen molar-refractivity contribution in [3.05, 3.63) is 106 Å². The molecule has 1 aromatic carbocycles. The molecule has 0 bridgehead atoms. The van der Waals surface area contributed by atoms with Gasteiger partial charge in [-0.25, -0.2) is 0 Å². The van der Waals surface area contributed by atoms with Crippen molar-refractivity contribution in [2.75, 3.05) is 13.1 Å². The zero-order valence-electron chi connectivity index (χ0n) is 23.7. The van der Waals surface area contributed by atoms with Gasteiger partial charge in [-0.3, -0.25) is 15.1 Å². The van der Waals surface area contributed by atoms with Crippen LogP contribution in [0.3, 0.4) is 0 Å². The second-order valence-corrected chi connectivity index (χ2v) is 10.4. The van der Waals surface area contributed by atoms with Crippen LogP contribution in [0.4, 0.5) is 0 Å². The molecule has 2 N–H and O–H groups in total. The first-order valence-electron chi connectivity index (χ1n) is 14.5. The van der Waals surface area contributed by atoms with Crippen LogP contribution in [0.2, 0.25) is 0 Å². The fourth-order valence-corrected chi connectivity index (χ4v) is 5.05. The summed E-state index contributed by atoms with van der Waals surface area (Å²) in [6, 6.07) is 17.1. The number of H-pyrrole nitrogens is 1. The minimum absolute atomic E-state index is 0.871. The molecule has 0 radical (unpaired) electrons. The van der Waals surface area contributed by atoms with E-state index in [0.29, 0.717) is 0 Å². The minimum Gasteiger partial charge on any atom is -0.317 e. The molecule has 1 aliphatic rings. The number of allylic oxidation sites excluding steroid dienone is 3. The van der Waals surface area contributed by atoms with Crippen molar-refractivity contribution in [3.63, 3.8) is 0 Å². The van der Waals surface area contributed by atoms with Crippen LogP contribution in [0.15, 0.2) is 78.6 Å². The Kier molecular flexibility index (Phi) is 9.49. The molecule has 40 heavy (non-hydrogen) atoms. The molecule has 5 nitrogen and oxygen atoms in total. The molecule has 5 heteroatoms. The Morgan fingerprint density at radius 3 is 2.77 bits per heavy atom. The lowest BCUT2D eigenvalue weighted by molar-refractivity contribution is 0.616. The lowest BCUT2D eigenvalue weighted by Gasteiger charge is -2.05. The van der Waals surface area contributed by atoms with Gasteiger partial charge in [0.25, 0.3) is 0 Å². The van der Waals surface area contributed by atoms with Gasteiger partial charge in [-0.2, -0.15) is 5.10 Å². The van der Waals surface area contributed by atoms with Crippen LogP contribution in [0.5, 0.6) is 0 Å². The number of nitrogens with one attached hydrogen (secondary N) is 2. The number of aryl methyl sites for hydroxylation is 2. The molecule has 204 valence electrons. The highest BCUT2D eigenvalue weighted by molar-refractivity contribution is 5.79. The molecular formula is C35H39N5. The van der Waals surface area contributed by atoms with E-state index in [2.05, 4.69) is 88.1 Å². The minimum atomic E-state index is 0.871. The maximum atomic E-state index is 4.70. The van der Waals surface area contributed by atoms with Crippen LogP contribution in [-0.2, 0) is 6.42 Å². The Labute approximate surface area is 237 Å². The van der Waals surface area contributed by atoms with Gasteiger partial charge in [0.05, 0.1) is 23.3 Å². The summed E-state index contributed by atoms with van der Waals surface area (Å²) in [6.07, 6.45) is 21.7. The fourth-order valence-electron chi connectivity index (χ4n) is 5.05.